The average Bonchev–Trinajstić information content (AvgIpc) is 2.58. The van der Waals surface area contributed by atoms with E-state index in [2.05, 4.69) is 6.92 Å². The lowest BCUT2D eigenvalue weighted by Gasteiger charge is -2.45. The summed E-state index contributed by atoms with van der Waals surface area (Å²) in [5, 5.41) is 0. The van der Waals surface area contributed by atoms with Crippen molar-refractivity contribution in [3.63, 3.8) is 0 Å². The van der Waals surface area contributed by atoms with E-state index in [-0.39, 0.29) is 0 Å². The predicted octanol–water partition coefficient (Wildman–Crippen LogP) is 1.53. The first-order valence-corrected chi connectivity index (χ1v) is 6.00. The lowest BCUT2D eigenvalue weighted by molar-refractivity contribution is -0.0155. The fraction of sp³-hybridized carbons (Fsp3) is 1.00. The van der Waals surface area contributed by atoms with Crippen LogP contribution < -0.4 is 0 Å². The van der Waals surface area contributed by atoms with Gasteiger partial charge in [-0.25, -0.2) is 0 Å². The third-order valence-corrected chi connectivity index (χ3v) is 7.09. The van der Waals surface area contributed by atoms with Crippen molar-refractivity contribution < 1.29 is 4.74 Å². The van der Waals surface area contributed by atoms with Crippen LogP contribution in [0.1, 0.15) is 13.3 Å². The van der Waals surface area contributed by atoms with Crippen molar-refractivity contribution in [1.82, 2.24) is 0 Å². The number of ether oxygens (including phenoxy) is 1. The number of hydrogen-bond acceptors (Lipinski definition) is 1. The van der Waals surface area contributed by atoms with Crippen molar-refractivity contribution in [1.29, 1.82) is 0 Å². The Kier molecular flexibility index (Phi) is 0.520. The molecule has 2 saturated heterocycles. The van der Waals surface area contributed by atoms with Gasteiger partial charge in [0.15, 0.2) is 0 Å². The molecule has 10 atom stereocenters. The first-order valence-electron chi connectivity index (χ1n) is 6.00. The first-order chi connectivity index (χ1) is 6.32. The fourth-order valence-electron chi connectivity index (χ4n) is 7.48. The molecule has 1 heteroatoms. The zero-order chi connectivity index (χ0) is 8.11. The van der Waals surface area contributed by atoms with Crippen molar-refractivity contribution in [2.75, 3.05) is 0 Å². The monoisotopic (exact) mass is 174 g/mol. The summed E-state index contributed by atoms with van der Waals surface area (Å²) >= 11 is 0. The van der Waals surface area contributed by atoms with Crippen LogP contribution >= 0.6 is 0 Å². The van der Waals surface area contributed by atoms with Gasteiger partial charge in [0.05, 0.1) is 11.7 Å². The summed E-state index contributed by atoms with van der Waals surface area (Å²) in [6, 6.07) is 0. The Morgan fingerprint density at radius 2 is 1.92 bits per heavy atom. The van der Waals surface area contributed by atoms with Gasteiger partial charge in [0.1, 0.15) is 0 Å². The summed E-state index contributed by atoms with van der Waals surface area (Å²) in [4.78, 5) is 0. The van der Waals surface area contributed by atoms with Crippen LogP contribution in [0.2, 0.25) is 0 Å². The average molecular weight is 174 g/mol. The lowest BCUT2D eigenvalue weighted by atomic mass is 9.58. The summed E-state index contributed by atoms with van der Waals surface area (Å²) < 4.78 is 6.36. The zero-order valence-electron chi connectivity index (χ0n) is 7.81. The standard InChI is InChI=1S/C12H14O/c1-12-9-4-2-3-5-6(4)10(12)8(5)11(13-12)7(3)9/h3-11H,2H2,1H3/t3-,4+,5?,6?,7?,8?,9?,10?,11?,12?/m1/s1. The van der Waals surface area contributed by atoms with E-state index >= 15 is 0 Å². The minimum Gasteiger partial charge on any atom is -0.371 e. The highest BCUT2D eigenvalue weighted by atomic mass is 16.5. The van der Waals surface area contributed by atoms with Crippen molar-refractivity contribution in [2.24, 2.45) is 47.3 Å². The second kappa shape index (κ2) is 1.18. The summed E-state index contributed by atoms with van der Waals surface area (Å²) in [6.07, 6.45) is 2.35. The van der Waals surface area contributed by atoms with Crippen LogP contribution in [0.5, 0.6) is 0 Å². The summed E-state index contributed by atoms with van der Waals surface area (Å²) in [5.74, 6) is 8.70. The highest BCUT2D eigenvalue weighted by Crippen LogP contribution is 2.90. The third-order valence-electron chi connectivity index (χ3n) is 7.09. The zero-order valence-corrected chi connectivity index (χ0v) is 7.81. The maximum Gasteiger partial charge on any atom is 0.0727 e. The van der Waals surface area contributed by atoms with Crippen LogP contribution in [0.4, 0.5) is 0 Å². The second-order valence-corrected chi connectivity index (χ2v) is 6.69. The van der Waals surface area contributed by atoms with E-state index in [0.717, 1.165) is 53.4 Å². The van der Waals surface area contributed by atoms with Crippen LogP contribution in [0.15, 0.2) is 0 Å². The van der Waals surface area contributed by atoms with Crippen molar-refractivity contribution in [2.45, 2.75) is 25.0 Å². The van der Waals surface area contributed by atoms with Crippen LogP contribution in [-0.4, -0.2) is 11.7 Å². The van der Waals surface area contributed by atoms with Gasteiger partial charge in [0.2, 0.25) is 0 Å². The van der Waals surface area contributed by atoms with E-state index in [1.165, 1.54) is 0 Å². The molecule has 1 nitrogen and oxygen atoms in total. The molecule has 8 unspecified atom stereocenters. The molecular weight excluding hydrogens is 160 g/mol. The Morgan fingerprint density at radius 3 is 2.85 bits per heavy atom. The largest absolute Gasteiger partial charge is 0.371 e. The second-order valence-electron chi connectivity index (χ2n) is 6.69. The molecule has 5 aliphatic carbocycles. The summed E-state index contributed by atoms with van der Waals surface area (Å²) in [7, 11) is 0. The molecule has 0 amide bonds. The molecule has 7 rings (SSSR count). The van der Waals surface area contributed by atoms with Gasteiger partial charge in [-0.1, -0.05) is 0 Å². The molecule has 13 heavy (non-hydrogen) atoms. The highest BCUT2D eigenvalue weighted by Gasteiger charge is 2.91. The normalized spacial score (nSPS) is 93.5. The molecule has 2 aliphatic heterocycles. The van der Waals surface area contributed by atoms with Gasteiger partial charge in [-0.3, -0.25) is 0 Å². The topological polar surface area (TPSA) is 9.23 Å². The molecule has 0 aromatic rings. The summed E-state index contributed by atoms with van der Waals surface area (Å²) in [6.45, 7) is 2.45. The fourth-order valence-corrected chi connectivity index (χ4v) is 7.48. The molecule has 2 heterocycles. The van der Waals surface area contributed by atoms with E-state index in [0.29, 0.717) is 5.60 Å². The minimum atomic E-state index is 0.386. The van der Waals surface area contributed by atoms with Crippen molar-refractivity contribution >= 4 is 0 Å². The van der Waals surface area contributed by atoms with Gasteiger partial charge in [0.25, 0.3) is 0 Å². The van der Waals surface area contributed by atoms with Gasteiger partial charge >= 0.3 is 0 Å². The number of hydrogen-bond donors (Lipinski definition) is 0. The third kappa shape index (κ3) is 0.281. The Balaban J connectivity index is 1.84. The van der Waals surface area contributed by atoms with Crippen molar-refractivity contribution in [3.8, 4) is 0 Å². The van der Waals surface area contributed by atoms with E-state index in [9.17, 15) is 0 Å². The van der Waals surface area contributed by atoms with E-state index in [1.807, 2.05) is 0 Å². The van der Waals surface area contributed by atoms with Crippen molar-refractivity contribution in [3.05, 3.63) is 0 Å². The molecule has 7 aliphatic rings. The number of rotatable bonds is 0. The Morgan fingerprint density at radius 1 is 1.00 bits per heavy atom. The van der Waals surface area contributed by atoms with Crippen LogP contribution in [0, 0.1) is 47.3 Å². The molecular formula is C12H14O. The molecule has 0 aromatic carbocycles. The van der Waals surface area contributed by atoms with E-state index < -0.39 is 0 Å². The van der Waals surface area contributed by atoms with Gasteiger partial charge in [-0.2, -0.15) is 0 Å². The molecule has 4 bridgehead atoms. The molecule has 0 spiro atoms. The Labute approximate surface area is 77.8 Å². The molecule has 0 radical (unpaired) electrons. The highest BCUT2D eigenvalue weighted by molar-refractivity contribution is 5.38. The minimum absolute atomic E-state index is 0.386. The van der Waals surface area contributed by atoms with E-state index in [1.54, 1.807) is 6.42 Å². The smallest absolute Gasteiger partial charge is 0.0727 e. The lowest BCUT2D eigenvalue weighted by Crippen LogP contribution is -2.47. The molecule has 68 valence electrons. The van der Waals surface area contributed by atoms with Crippen LogP contribution in [-0.2, 0) is 4.74 Å². The first kappa shape index (κ1) is 5.75. The van der Waals surface area contributed by atoms with E-state index in [4.69, 9.17) is 4.74 Å². The van der Waals surface area contributed by atoms with Gasteiger partial charge in [0, 0.05) is 0 Å². The van der Waals surface area contributed by atoms with Gasteiger partial charge in [-0.05, 0) is 60.7 Å². The quantitative estimate of drug-likeness (QED) is 0.541. The van der Waals surface area contributed by atoms with Gasteiger partial charge in [-0.15, -0.1) is 0 Å². The molecule has 0 aromatic heterocycles. The Bertz CT molecular complexity index is 351. The predicted molar refractivity (Wildman–Crippen MR) is 45.8 cm³/mol. The SMILES string of the molecule is CC12OC3C4C5C(C41)[C@@H]1C[C@H]5C3C12. The maximum atomic E-state index is 6.36. The van der Waals surface area contributed by atoms with Crippen LogP contribution in [0.25, 0.3) is 0 Å². The van der Waals surface area contributed by atoms with Crippen LogP contribution in [0.3, 0.4) is 0 Å². The maximum absolute atomic E-state index is 6.36. The Hall–Kier alpha value is -0.0400. The van der Waals surface area contributed by atoms with Gasteiger partial charge < -0.3 is 4.74 Å². The summed E-state index contributed by atoms with van der Waals surface area (Å²) in [5.41, 5.74) is 0.386. The molecule has 0 N–H and O–H groups in total. The molecule has 5 saturated carbocycles. The molecule has 7 fully saturated rings.